The Morgan fingerprint density at radius 1 is 1.28 bits per heavy atom. The van der Waals surface area contributed by atoms with Crippen molar-refractivity contribution < 1.29 is 27.8 Å². The highest BCUT2D eigenvalue weighted by Gasteiger charge is 2.61. The summed E-state index contributed by atoms with van der Waals surface area (Å²) < 4.78 is 42.1. The van der Waals surface area contributed by atoms with E-state index in [1.54, 1.807) is 20.8 Å². The molecule has 0 aliphatic rings. The molecule has 0 aromatic heterocycles. The summed E-state index contributed by atoms with van der Waals surface area (Å²) in [6.45, 7) is 4.71. The van der Waals surface area contributed by atoms with Gasteiger partial charge in [-0.05, 0) is 27.7 Å². The van der Waals surface area contributed by atoms with Crippen molar-refractivity contribution in [1.82, 2.24) is 0 Å². The minimum absolute atomic E-state index is 0.270. The van der Waals surface area contributed by atoms with Gasteiger partial charge in [0.25, 0.3) is 5.60 Å². The molecule has 0 rings (SSSR count). The van der Waals surface area contributed by atoms with Crippen LogP contribution in [0, 0.1) is 0 Å². The Kier molecular flexibility index (Phi) is 5.27. The van der Waals surface area contributed by atoms with Crippen molar-refractivity contribution in [2.75, 3.05) is 13.2 Å². The van der Waals surface area contributed by atoms with Gasteiger partial charge < -0.3 is 9.84 Å². The van der Waals surface area contributed by atoms with Crippen molar-refractivity contribution in [3.8, 4) is 0 Å². The number of carbonyl (C=O) groups is 1. The first-order valence-electron chi connectivity index (χ1n) is 5.29. The van der Waals surface area contributed by atoms with Crippen molar-refractivity contribution in [2.45, 2.75) is 45.0 Å². The number of hydrogen-bond acceptors (Lipinski definition) is 5. The summed E-state index contributed by atoms with van der Waals surface area (Å²) in [6.07, 6.45) is -5.17. The number of aliphatic hydroxyl groups is 1. The Bertz CT molecular complexity index is 323. The quantitative estimate of drug-likeness (QED) is 0.628. The SMILES string of the molecule is CCOC(=O)C(O)(CN=NC(C)(C)C)C(F)(F)F. The lowest BCUT2D eigenvalue weighted by atomic mass is 10.0. The second-order valence-electron chi connectivity index (χ2n) is 4.65. The first-order valence-corrected chi connectivity index (χ1v) is 5.29. The van der Waals surface area contributed by atoms with Crippen molar-refractivity contribution in [1.29, 1.82) is 0 Å². The molecular weight excluding hydrogens is 253 g/mol. The van der Waals surface area contributed by atoms with Gasteiger partial charge in [-0.2, -0.15) is 23.4 Å². The van der Waals surface area contributed by atoms with Gasteiger partial charge in [0, 0.05) is 0 Å². The van der Waals surface area contributed by atoms with Crippen LogP contribution in [0.1, 0.15) is 27.7 Å². The van der Waals surface area contributed by atoms with E-state index in [-0.39, 0.29) is 6.61 Å². The maximum atomic E-state index is 12.6. The summed E-state index contributed by atoms with van der Waals surface area (Å²) in [5, 5.41) is 16.2. The fourth-order valence-electron chi connectivity index (χ4n) is 0.870. The molecule has 0 amide bonds. The predicted molar refractivity (Wildman–Crippen MR) is 57.1 cm³/mol. The summed E-state index contributed by atoms with van der Waals surface area (Å²) >= 11 is 0. The highest BCUT2D eigenvalue weighted by molar-refractivity contribution is 5.80. The minimum atomic E-state index is -5.17. The monoisotopic (exact) mass is 270 g/mol. The number of halogens is 3. The van der Waals surface area contributed by atoms with Crippen molar-refractivity contribution in [3.05, 3.63) is 0 Å². The van der Waals surface area contributed by atoms with Gasteiger partial charge in [0.1, 0.15) is 6.54 Å². The maximum Gasteiger partial charge on any atom is 0.430 e. The average molecular weight is 270 g/mol. The number of esters is 1. The van der Waals surface area contributed by atoms with E-state index in [4.69, 9.17) is 0 Å². The zero-order valence-electron chi connectivity index (χ0n) is 10.7. The molecule has 0 radical (unpaired) electrons. The Hall–Kier alpha value is -1.18. The molecule has 0 aromatic carbocycles. The van der Waals surface area contributed by atoms with Gasteiger partial charge >= 0.3 is 12.1 Å². The lowest BCUT2D eigenvalue weighted by Gasteiger charge is -2.26. The van der Waals surface area contributed by atoms with Gasteiger partial charge in [0.05, 0.1) is 12.1 Å². The Balaban J connectivity index is 5.03. The fraction of sp³-hybridized carbons (Fsp3) is 0.900. The van der Waals surface area contributed by atoms with Crippen LogP contribution in [0.25, 0.3) is 0 Å². The molecule has 18 heavy (non-hydrogen) atoms. The molecule has 8 heteroatoms. The van der Waals surface area contributed by atoms with Crippen molar-refractivity contribution in [2.24, 2.45) is 10.2 Å². The summed E-state index contributed by atoms with van der Waals surface area (Å²) in [6, 6.07) is 0. The third-order valence-electron chi connectivity index (χ3n) is 1.75. The first kappa shape index (κ1) is 16.8. The number of carbonyl (C=O) groups excluding carboxylic acids is 1. The van der Waals surface area contributed by atoms with Crippen molar-refractivity contribution >= 4 is 5.97 Å². The fourth-order valence-corrected chi connectivity index (χ4v) is 0.870. The molecule has 0 aromatic rings. The Morgan fingerprint density at radius 3 is 2.11 bits per heavy atom. The molecule has 0 heterocycles. The van der Waals surface area contributed by atoms with Crippen LogP contribution in [0.2, 0.25) is 0 Å². The molecule has 0 aliphatic carbocycles. The normalized spacial score (nSPS) is 16.7. The maximum absolute atomic E-state index is 12.6. The predicted octanol–water partition coefficient (Wildman–Crippen LogP) is 2.09. The molecular formula is C10H17F3N2O3. The van der Waals surface area contributed by atoms with E-state index in [0.717, 1.165) is 0 Å². The lowest BCUT2D eigenvalue weighted by molar-refractivity contribution is -0.259. The lowest BCUT2D eigenvalue weighted by Crippen LogP contribution is -2.55. The number of hydrogen-bond donors (Lipinski definition) is 1. The molecule has 1 unspecified atom stereocenters. The number of nitrogens with zero attached hydrogens (tertiary/aromatic N) is 2. The van der Waals surface area contributed by atoms with E-state index in [0.29, 0.717) is 0 Å². The molecule has 0 spiro atoms. The van der Waals surface area contributed by atoms with E-state index in [1.807, 2.05) is 0 Å². The Morgan fingerprint density at radius 2 is 1.78 bits per heavy atom. The van der Waals surface area contributed by atoms with E-state index in [1.165, 1.54) is 6.92 Å². The van der Waals surface area contributed by atoms with Crippen LogP contribution in [0.4, 0.5) is 13.2 Å². The molecule has 0 bridgehead atoms. The third kappa shape index (κ3) is 4.59. The van der Waals surface area contributed by atoms with Crippen LogP contribution in [-0.2, 0) is 9.53 Å². The molecule has 0 aliphatic heterocycles. The number of ether oxygens (including phenoxy) is 1. The summed E-state index contributed by atoms with van der Waals surface area (Å²) in [5.41, 5.74) is -4.35. The second kappa shape index (κ2) is 5.64. The van der Waals surface area contributed by atoms with Gasteiger partial charge in [-0.15, -0.1) is 0 Å². The van der Waals surface area contributed by atoms with Gasteiger partial charge in [-0.25, -0.2) is 4.79 Å². The molecule has 106 valence electrons. The largest absolute Gasteiger partial charge is 0.464 e. The molecule has 5 nitrogen and oxygen atoms in total. The topological polar surface area (TPSA) is 71.2 Å². The van der Waals surface area contributed by atoms with Gasteiger partial charge in [-0.3, -0.25) is 0 Å². The standard InChI is InChI=1S/C10H17F3N2O3/c1-5-18-7(16)9(17,10(11,12)13)6-14-15-8(2,3)4/h17H,5-6H2,1-4H3. The third-order valence-corrected chi connectivity index (χ3v) is 1.75. The van der Waals surface area contributed by atoms with Crippen molar-refractivity contribution in [3.63, 3.8) is 0 Å². The van der Waals surface area contributed by atoms with Crippen LogP contribution in [0.3, 0.4) is 0 Å². The molecule has 1 atom stereocenters. The smallest absolute Gasteiger partial charge is 0.430 e. The highest BCUT2D eigenvalue weighted by Crippen LogP contribution is 2.32. The number of alkyl halides is 3. The average Bonchev–Trinajstić information content (AvgIpc) is 2.13. The van der Waals surface area contributed by atoms with Crippen LogP contribution < -0.4 is 0 Å². The second-order valence-corrected chi connectivity index (χ2v) is 4.65. The van der Waals surface area contributed by atoms with Crippen LogP contribution in [0.15, 0.2) is 10.2 Å². The van der Waals surface area contributed by atoms with Crippen LogP contribution in [0.5, 0.6) is 0 Å². The molecule has 1 N–H and O–H groups in total. The van der Waals surface area contributed by atoms with Crippen LogP contribution >= 0.6 is 0 Å². The molecule has 0 saturated carbocycles. The first-order chi connectivity index (χ1) is 7.94. The number of azo groups is 1. The molecule has 0 fully saturated rings. The van der Waals surface area contributed by atoms with E-state index < -0.39 is 29.8 Å². The zero-order valence-corrected chi connectivity index (χ0v) is 10.7. The van der Waals surface area contributed by atoms with E-state index in [2.05, 4.69) is 15.0 Å². The zero-order chi connectivity index (χ0) is 14.6. The van der Waals surface area contributed by atoms with Gasteiger partial charge in [0.2, 0.25) is 0 Å². The van der Waals surface area contributed by atoms with E-state index >= 15 is 0 Å². The summed E-state index contributed by atoms with van der Waals surface area (Å²) in [4.78, 5) is 11.2. The summed E-state index contributed by atoms with van der Waals surface area (Å²) in [7, 11) is 0. The highest BCUT2D eigenvalue weighted by atomic mass is 19.4. The molecule has 0 saturated heterocycles. The minimum Gasteiger partial charge on any atom is -0.464 e. The van der Waals surface area contributed by atoms with Crippen LogP contribution in [-0.4, -0.2) is 41.5 Å². The van der Waals surface area contributed by atoms with Gasteiger partial charge in [-0.1, -0.05) is 0 Å². The van der Waals surface area contributed by atoms with E-state index in [9.17, 15) is 23.1 Å². The number of rotatable bonds is 4. The van der Waals surface area contributed by atoms with Gasteiger partial charge in [0.15, 0.2) is 0 Å². The summed E-state index contributed by atoms with van der Waals surface area (Å²) in [5.74, 6) is -1.77. The Labute approximate surface area is 103 Å².